The zero-order valence-corrected chi connectivity index (χ0v) is 8.66. The molecule has 5 heteroatoms. The summed E-state index contributed by atoms with van der Waals surface area (Å²) in [7, 11) is 0. The average molecular weight is 199 g/mol. The van der Waals surface area contributed by atoms with Crippen molar-refractivity contribution < 1.29 is 19.2 Å². The summed E-state index contributed by atoms with van der Waals surface area (Å²) in [5, 5.41) is 0.442. The Labute approximate surface area is 82.3 Å². The predicted octanol–water partition coefficient (Wildman–Crippen LogP) is 0.806. The van der Waals surface area contributed by atoms with E-state index in [1.807, 2.05) is 13.8 Å². The fourth-order valence-corrected chi connectivity index (χ4v) is 0.781. The minimum absolute atomic E-state index is 0.265. The first-order valence-electron chi connectivity index (χ1n) is 4.27. The maximum Gasteiger partial charge on any atom is 0.330 e. The largest absolute Gasteiger partial charge is 0.330 e. The Morgan fingerprint density at radius 3 is 2.14 bits per heavy atom. The topological polar surface area (TPSA) is 63.7 Å². The lowest BCUT2D eigenvalue weighted by Crippen LogP contribution is -2.32. The minimum atomic E-state index is -0.695. The summed E-state index contributed by atoms with van der Waals surface area (Å²) in [6.45, 7) is 6.60. The van der Waals surface area contributed by atoms with Gasteiger partial charge in [-0.3, -0.25) is 9.59 Å². The second kappa shape index (κ2) is 5.16. The lowest BCUT2D eigenvalue weighted by molar-refractivity contribution is -0.194. The van der Waals surface area contributed by atoms with Gasteiger partial charge in [0.05, 0.1) is 0 Å². The minimum Gasteiger partial charge on any atom is -0.330 e. The van der Waals surface area contributed by atoms with Crippen molar-refractivity contribution in [3.8, 4) is 0 Å². The summed E-state index contributed by atoms with van der Waals surface area (Å²) in [5.41, 5.74) is 0.265. The molecule has 0 fully saturated rings. The van der Waals surface area contributed by atoms with Crippen molar-refractivity contribution in [2.45, 2.75) is 27.7 Å². The van der Waals surface area contributed by atoms with E-state index >= 15 is 0 Å². The van der Waals surface area contributed by atoms with Crippen LogP contribution < -0.4 is 0 Å². The highest BCUT2D eigenvalue weighted by Crippen LogP contribution is 2.11. The van der Waals surface area contributed by atoms with Crippen LogP contribution in [0.3, 0.4) is 0 Å². The van der Waals surface area contributed by atoms with E-state index in [-0.39, 0.29) is 5.57 Å². The number of amides is 2. The Balaban J connectivity index is 0.000000791. The van der Waals surface area contributed by atoms with Crippen molar-refractivity contribution in [2.24, 2.45) is 0 Å². The zero-order valence-electron chi connectivity index (χ0n) is 8.66. The Morgan fingerprint density at radius 1 is 1.36 bits per heavy atom. The molecule has 1 heterocycles. The highest BCUT2D eigenvalue weighted by molar-refractivity contribution is 6.15. The van der Waals surface area contributed by atoms with Crippen molar-refractivity contribution in [1.82, 2.24) is 5.06 Å². The summed E-state index contributed by atoms with van der Waals surface area (Å²) in [4.78, 5) is 36.6. The van der Waals surface area contributed by atoms with Crippen LogP contribution in [-0.2, 0) is 19.2 Å². The Morgan fingerprint density at radius 2 is 1.86 bits per heavy atom. The van der Waals surface area contributed by atoms with Crippen LogP contribution in [0, 0.1) is 0 Å². The predicted molar refractivity (Wildman–Crippen MR) is 48.7 cm³/mol. The van der Waals surface area contributed by atoms with Gasteiger partial charge in [0.25, 0.3) is 11.8 Å². The van der Waals surface area contributed by atoms with Crippen molar-refractivity contribution in [2.75, 3.05) is 0 Å². The van der Waals surface area contributed by atoms with E-state index < -0.39 is 17.8 Å². The Kier molecular flexibility index (Phi) is 4.55. The van der Waals surface area contributed by atoms with Gasteiger partial charge in [-0.2, -0.15) is 0 Å². The normalized spacial score (nSPS) is 14.6. The summed E-state index contributed by atoms with van der Waals surface area (Å²) in [6.07, 6.45) is 1.12. The molecule has 78 valence electrons. The van der Waals surface area contributed by atoms with E-state index in [9.17, 15) is 14.4 Å². The van der Waals surface area contributed by atoms with E-state index in [1.165, 1.54) is 6.92 Å². The molecule has 0 aromatic carbocycles. The molecule has 0 saturated heterocycles. The summed E-state index contributed by atoms with van der Waals surface area (Å²) in [5.74, 6) is -1.90. The first-order valence-corrected chi connectivity index (χ1v) is 4.27. The van der Waals surface area contributed by atoms with E-state index in [4.69, 9.17) is 0 Å². The van der Waals surface area contributed by atoms with Crippen LogP contribution in [-0.4, -0.2) is 22.8 Å². The molecule has 1 aliphatic rings. The number of nitrogens with zero attached hydrogens (tertiary/aromatic N) is 1. The third kappa shape index (κ3) is 2.69. The monoisotopic (exact) mass is 199 g/mol. The fraction of sp³-hybridized carbons (Fsp3) is 0.444. The van der Waals surface area contributed by atoms with Gasteiger partial charge < -0.3 is 4.84 Å². The van der Waals surface area contributed by atoms with Gasteiger partial charge in [0, 0.05) is 18.6 Å². The lowest BCUT2D eigenvalue weighted by atomic mass is 10.3. The van der Waals surface area contributed by atoms with Crippen LogP contribution >= 0.6 is 0 Å². The van der Waals surface area contributed by atoms with E-state index in [1.54, 1.807) is 0 Å². The summed E-state index contributed by atoms with van der Waals surface area (Å²) in [6, 6.07) is 0. The molecule has 2 amide bonds. The lowest BCUT2D eigenvalue weighted by Gasteiger charge is -2.10. The van der Waals surface area contributed by atoms with Crippen molar-refractivity contribution in [3.05, 3.63) is 11.6 Å². The van der Waals surface area contributed by atoms with Gasteiger partial charge in [-0.15, -0.1) is 0 Å². The van der Waals surface area contributed by atoms with Crippen LogP contribution in [0.15, 0.2) is 11.6 Å². The Bertz CT molecular complexity index is 293. The van der Waals surface area contributed by atoms with Crippen molar-refractivity contribution in [3.63, 3.8) is 0 Å². The van der Waals surface area contributed by atoms with E-state index in [0.29, 0.717) is 5.06 Å². The molecule has 0 unspecified atom stereocenters. The maximum atomic E-state index is 11.0. The molecular weight excluding hydrogens is 186 g/mol. The number of carbonyl (C=O) groups excluding carboxylic acids is 3. The second-order valence-corrected chi connectivity index (χ2v) is 2.35. The summed E-state index contributed by atoms with van der Waals surface area (Å²) < 4.78 is 0. The quantitative estimate of drug-likeness (QED) is 0.586. The SMILES string of the molecule is CC.CC(=O)ON1C(=O)C=C(C)C1=O. The molecule has 1 aliphatic heterocycles. The molecule has 0 N–H and O–H groups in total. The molecule has 0 aromatic rings. The standard InChI is InChI=1S/C7H7NO4.C2H6/c1-4-3-6(10)8(7(4)11)12-5(2)9;1-2/h3H,1-2H3;1-2H3. The van der Waals surface area contributed by atoms with Crippen LogP contribution in [0.4, 0.5) is 0 Å². The van der Waals surface area contributed by atoms with Gasteiger partial charge in [0.2, 0.25) is 0 Å². The van der Waals surface area contributed by atoms with Crippen LogP contribution in [0.1, 0.15) is 27.7 Å². The summed E-state index contributed by atoms with van der Waals surface area (Å²) >= 11 is 0. The maximum absolute atomic E-state index is 11.0. The number of hydroxylamine groups is 2. The van der Waals surface area contributed by atoms with E-state index in [0.717, 1.165) is 13.0 Å². The number of carbonyl (C=O) groups is 3. The van der Waals surface area contributed by atoms with Gasteiger partial charge in [-0.1, -0.05) is 18.9 Å². The first kappa shape index (κ1) is 12.3. The average Bonchev–Trinajstić information content (AvgIpc) is 2.35. The number of hydrogen-bond donors (Lipinski definition) is 0. The molecule has 0 aliphatic carbocycles. The third-order valence-electron chi connectivity index (χ3n) is 1.28. The van der Waals surface area contributed by atoms with Crippen molar-refractivity contribution in [1.29, 1.82) is 0 Å². The number of hydrogen-bond acceptors (Lipinski definition) is 4. The highest BCUT2D eigenvalue weighted by atomic mass is 16.7. The van der Waals surface area contributed by atoms with Gasteiger partial charge in [-0.25, -0.2) is 4.79 Å². The smallest absolute Gasteiger partial charge is 0.330 e. The molecule has 0 aromatic heterocycles. The van der Waals surface area contributed by atoms with Gasteiger partial charge >= 0.3 is 5.97 Å². The molecule has 0 bridgehead atoms. The van der Waals surface area contributed by atoms with Crippen LogP contribution in [0.5, 0.6) is 0 Å². The fourth-order valence-electron chi connectivity index (χ4n) is 0.781. The molecule has 0 spiro atoms. The van der Waals surface area contributed by atoms with Crippen LogP contribution in [0.25, 0.3) is 0 Å². The Hall–Kier alpha value is -1.65. The molecule has 14 heavy (non-hydrogen) atoms. The number of rotatable bonds is 1. The first-order chi connectivity index (χ1) is 6.52. The third-order valence-corrected chi connectivity index (χ3v) is 1.28. The molecule has 5 nitrogen and oxygen atoms in total. The van der Waals surface area contributed by atoms with Gasteiger partial charge in [0.1, 0.15) is 0 Å². The van der Waals surface area contributed by atoms with Crippen LogP contribution in [0.2, 0.25) is 0 Å². The molecule has 0 saturated carbocycles. The second-order valence-electron chi connectivity index (χ2n) is 2.35. The van der Waals surface area contributed by atoms with E-state index in [2.05, 4.69) is 4.84 Å². The van der Waals surface area contributed by atoms with Gasteiger partial charge in [-0.05, 0) is 6.92 Å². The molecule has 0 radical (unpaired) electrons. The highest BCUT2D eigenvalue weighted by Gasteiger charge is 2.31. The van der Waals surface area contributed by atoms with Gasteiger partial charge in [0.15, 0.2) is 0 Å². The zero-order chi connectivity index (χ0) is 11.3. The number of imide groups is 1. The molecule has 0 atom stereocenters. The molecular formula is C9H13NO4. The molecule has 1 rings (SSSR count). The van der Waals surface area contributed by atoms with Crippen molar-refractivity contribution >= 4 is 17.8 Å².